The van der Waals surface area contributed by atoms with Crippen molar-refractivity contribution >= 4 is 44.8 Å². The lowest BCUT2D eigenvalue weighted by molar-refractivity contribution is 0.415. The summed E-state index contributed by atoms with van der Waals surface area (Å²) in [7, 11) is 1.63. The van der Waals surface area contributed by atoms with Gasteiger partial charge < -0.3 is 10.1 Å². The van der Waals surface area contributed by atoms with Gasteiger partial charge in [0.15, 0.2) is 4.34 Å². The van der Waals surface area contributed by atoms with Crippen LogP contribution in [0.25, 0.3) is 10.9 Å². The molecule has 4 rings (SSSR count). The van der Waals surface area contributed by atoms with E-state index in [2.05, 4.69) is 25.8 Å². The van der Waals surface area contributed by atoms with Crippen LogP contribution >= 0.6 is 23.1 Å². The Kier molecular flexibility index (Phi) is 4.99. The van der Waals surface area contributed by atoms with E-state index >= 15 is 0 Å². The molecule has 0 atom stereocenters. The third-order valence-corrected chi connectivity index (χ3v) is 5.63. The van der Waals surface area contributed by atoms with Crippen molar-refractivity contribution in [3.8, 4) is 5.75 Å². The van der Waals surface area contributed by atoms with Crippen LogP contribution in [-0.2, 0) is 5.88 Å². The van der Waals surface area contributed by atoms with Crippen molar-refractivity contribution in [2.24, 2.45) is 0 Å². The highest BCUT2D eigenvalue weighted by Gasteiger charge is 2.09. The topological polar surface area (TPSA) is 94.8 Å². The molecule has 0 radical (unpaired) electrons. The molecule has 0 fully saturated rings. The van der Waals surface area contributed by atoms with E-state index in [0.717, 1.165) is 15.8 Å². The van der Waals surface area contributed by atoms with Crippen LogP contribution in [0.15, 0.2) is 57.7 Å². The normalized spacial score (nSPS) is 10.9. The average Bonchev–Trinajstić information content (AvgIpc) is 3.15. The largest absolute Gasteiger partial charge is 0.497 e. The van der Waals surface area contributed by atoms with Gasteiger partial charge in [0.05, 0.1) is 18.4 Å². The zero-order valence-electron chi connectivity index (χ0n) is 14.2. The first kappa shape index (κ1) is 17.4. The molecule has 27 heavy (non-hydrogen) atoms. The molecule has 0 saturated carbocycles. The first-order chi connectivity index (χ1) is 13.2. The summed E-state index contributed by atoms with van der Waals surface area (Å²) in [6.45, 7) is 0. The van der Waals surface area contributed by atoms with Gasteiger partial charge in [0, 0.05) is 5.69 Å². The first-order valence-corrected chi connectivity index (χ1v) is 9.73. The van der Waals surface area contributed by atoms with E-state index in [9.17, 15) is 4.79 Å². The third-order valence-electron chi connectivity index (χ3n) is 3.69. The van der Waals surface area contributed by atoms with Crippen molar-refractivity contribution < 1.29 is 4.74 Å². The van der Waals surface area contributed by atoms with Crippen LogP contribution in [0.3, 0.4) is 0 Å². The van der Waals surface area contributed by atoms with E-state index in [-0.39, 0.29) is 5.56 Å². The summed E-state index contributed by atoms with van der Waals surface area (Å²) in [6, 6.07) is 14.7. The Morgan fingerprint density at radius 2 is 1.93 bits per heavy atom. The maximum Gasteiger partial charge on any atom is 0.278 e. The number of nitrogens with one attached hydrogen (secondary N) is 1. The summed E-state index contributed by atoms with van der Waals surface area (Å²) in [4.78, 5) is 12.4. The molecule has 2 heterocycles. The van der Waals surface area contributed by atoms with Gasteiger partial charge in [-0.3, -0.25) is 4.79 Å². The summed E-state index contributed by atoms with van der Waals surface area (Å²) >= 11 is 2.78. The van der Waals surface area contributed by atoms with Gasteiger partial charge in [0.25, 0.3) is 5.56 Å². The second-order valence-electron chi connectivity index (χ2n) is 5.41. The average molecular weight is 398 g/mol. The van der Waals surface area contributed by atoms with Crippen LogP contribution in [0.4, 0.5) is 10.8 Å². The first-order valence-electron chi connectivity index (χ1n) is 7.93. The van der Waals surface area contributed by atoms with Gasteiger partial charge in [0.1, 0.15) is 11.3 Å². The van der Waals surface area contributed by atoms with Crippen molar-refractivity contribution in [3.05, 3.63) is 58.9 Å². The number of nitrogens with zero attached hydrogens (tertiary/aromatic N) is 5. The molecule has 0 aliphatic rings. The number of fused-ring (bicyclic) bond motifs is 1. The Hall–Kier alpha value is -2.98. The van der Waals surface area contributed by atoms with Crippen molar-refractivity contribution in [3.63, 3.8) is 0 Å². The van der Waals surface area contributed by atoms with E-state index in [1.807, 2.05) is 36.4 Å². The van der Waals surface area contributed by atoms with Crippen molar-refractivity contribution in [2.45, 2.75) is 10.2 Å². The van der Waals surface area contributed by atoms with Crippen LogP contribution < -0.4 is 15.6 Å². The quantitative estimate of drug-likeness (QED) is 0.495. The maximum atomic E-state index is 12.4. The SMILES string of the molecule is COc1ccc(Nc2nnc(SCn3nnc4ccccc4c3=O)s2)cc1. The van der Waals surface area contributed by atoms with E-state index < -0.39 is 0 Å². The molecule has 0 aliphatic carbocycles. The molecule has 1 N–H and O–H groups in total. The smallest absolute Gasteiger partial charge is 0.278 e. The number of aromatic nitrogens is 5. The Labute approximate surface area is 162 Å². The maximum absolute atomic E-state index is 12.4. The number of thioether (sulfide) groups is 1. The van der Waals surface area contributed by atoms with Crippen LogP contribution in [-0.4, -0.2) is 32.3 Å². The summed E-state index contributed by atoms with van der Waals surface area (Å²) in [6.07, 6.45) is 0. The molecular formula is C17H14N6O2S2. The highest BCUT2D eigenvalue weighted by atomic mass is 32.2. The van der Waals surface area contributed by atoms with Gasteiger partial charge in [-0.05, 0) is 36.4 Å². The van der Waals surface area contributed by atoms with Gasteiger partial charge in [-0.1, -0.05) is 40.4 Å². The second-order valence-corrected chi connectivity index (χ2v) is 7.58. The Balaban J connectivity index is 1.43. The molecule has 2 aromatic heterocycles. The second kappa shape index (κ2) is 7.72. The molecule has 0 saturated heterocycles. The van der Waals surface area contributed by atoms with E-state index in [1.165, 1.54) is 27.8 Å². The minimum atomic E-state index is -0.172. The molecule has 2 aromatic carbocycles. The van der Waals surface area contributed by atoms with Crippen LogP contribution in [0.1, 0.15) is 0 Å². The molecule has 0 spiro atoms. The Bertz CT molecular complexity index is 1130. The summed E-state index contributed by atoms with van der Waals surface area (Å²) in [5, 5.41) is 20.7. The minimum absolute atomic E-state index is 0.172. The number of ether oxygens (including phenoxy) is 1. The molecule has 136 valence electrons. The zero-order chi connectivity index (χ0) is 18.6. The molecule has 8 nitrogen and oxygen atoms in total. The Morgan fingerprint density at radius 3 is 2.74 bits per heavy atom. The number of hydrogen-bond acceptors (Lipinski definition) is 9. The van der Waals surface area contributed by atoms with Crippen molar-refractivity contribution in [1.29, 1.82) is 0 Å². The molecule has 0 aliphatic heterocycles. The zero-order valence-corrected chi connectivity index (χ0v) is 15.8. The van der Waals surface area contributed by atoms with Gasteiger partial charge in [0.2, 0.25) is 5.13 Å². The van der Waals surface area contributed by atoms with Crippen LogP contribution in [0, 0.1) is 0 Å². The summed E-state index contributed by atoms with van der Waals surface area (Å²) in [5.74, 6) is 1.10. The number of rotatable bonds is 6. The number of anilines is 2. The lowest BCUT2D eigenvalue weighted by Crippen LogP contribution is -2.23. The fourth-order valence-electron chi connectivity index (χ4n) is 2.34. The summed E-state index contributed by atoms with van der Waals surface area (Å²) < 4.78 is 7.19. The lowest BCUT2D eigenvalue weighted by atomic mass is 10.2. The Morgan fingerprint density at radius 1 is 1.11 bits per heavy atom. The van der Waals surface area contributed by atoms with E-state index in [1.54, 1.807) is 19.2 Å². The molecule has 0 unspecified atom stereocenters. The van der Waals surface area contributed by atoms with Crippen LogP contribution in [0.2, 0.25) is 0 Å². The molecule has 4 aromatic rings. The predicted octanol–water partition coefficient (Wildman–Crippen LogP) is 3.15. The standard InChI is InChI=1S/C17H14N6O2S2/c1-25-12-8-6-11(7-9-12)18-16-20-21-17(27-16)26-10-23-15(24)13-4-2-3-5-14(13)19-22-23/h2-9H,10H2,1H3,(H,18,20). The summed E-state index contributed by atoms with van der Waals surface area (Å²) in [5.41, 5.74) is 1.31. The number of hydrogen-bond donors (Lipinski definition) is 1. The minimum Gasteiger partial charge on any atom is -0.497 e. The molecular weight excluding hydrogens is 384 g/mol. The fourth-order valence-corrected chi connectivity index (χ4v) is 3.97. The van der Waals surface area contributed by atoms with E-state index in [0.29, 0.717) is 21.9 Å². The van der Waals surface area contributed by atoms with Crippen molar-refractivity contribution in [1.82, 2.24) is 25.2 Å². The monoisotopic (exact) mass is 398 g/mol. The fraction of sp³-hybridized carbons (Fsp3) is 0.118. The highest BCUT2D eigenvalue weighted by molar-refractivity contribution is 8.00. The number of benzene rings is 2. The van der Waals surface area contributed by atoms with Gasteiger partial charge in [-0.25, -0.2) is 0 Å². The third kappa shape index (κ3) is 3.91. The molecule has 0 amide bonds. The molecule has 0 bridgehead atoms. The predicted molar refractivity (Wildman–Crippen MR) is 106 cm³/mol. The lowest BCUT2D eigenvalue weighted by Gasteiger charge is -2.03. The van der Waals surface area contributed by atoms with E-state index in [4.69, 9.17) is 4.74 Å². The van der Waals surface area contributed by atoms with Gasteiger partial charge in [-0.2, -0.15) is 4.68 Å². The van der Waals surface area contributed by atoms with Crippen LogP contribution in [0.5, 0.6) is 5.75 Å². The van der Waals surface area contributed by atoms with Gasteiger partial charge >= 0.3 is 0 Å². The van der Waals surface area contributed by atoms with Crippen molar-refractivity contribution in [2.75, 3.05) is 12.4 Å². The highest BCUT2D eigenvalue weighted by Crippen LogP contribution is 2.28. The number of methoxy groups -OCH3 is 1. The van der Waals surface area contributed by atoms with Gasteiger partial charge in [-0.15, -0.1) is 15.3 Å². The molecule has 10 heteroatoms.